The van der Waals surface area contributed by atoms with Crippen LogP contribution >= 0.6 is 15.9 Å². The SMILES string of the molecule is CC1(C)CN(Cc2ccc(-c3nnc(C(F)F)o3)cn2)Cc2cc(Br)ccc21. The zero-order chi connectivity index (χ0) is 19.9. The van der Waals surface area contributed by atoms with Crippen LogP contribution in [0.3, 0.4) is 0 Å². The lowest BCUT2D eigenvalue weighted by molar-refractivity contribution is 0.116. The minimum atomic E-state index is -2.78. The molecule has 5 nitrogen and oxygen atoms in total. The molecule has 0 spiro atoms. The zero-order valence-electron chi connectivity index (χ0n) is 15.5. The standard InChI is InChI=1S/C20H19BrF2N4O/c1-20(2)11-27(9-13-7-14(21)4-6-16(13)20)10-15-5-3-12(8-24-15)18-25-26-19(28-18)17(22)23/h3-8,17H,9-11H2,1-2H3. The number of pyridine rings is 1. The molecule has 0 radical (unpaired) electrons. The fourth-order valence-corrected chi connectivity index (χ4v) is 4.13. The number of hydrogen-bond donors (Lipinski definition) is 0. The predicted octanol–water partition coefficient (Wildman–Crippen LogP) is 5.13. The van der Waals surface area contributed by atoms with Crippen LogP contribution in [-0.4, -0.2) is 26.6 Å². The molecule has 0 unspecified atom stereocenters. The molecule has 146 valence electrons. The van der Waals surface area contributed by atoms with E-state index < -0.39 is 12.3 Å². The van der Waals surface area contributed by atoms with Crippen molar-refractivity contribution in [3.05, 3.63) is 63.7 Å². The van der Waals surface area contributed by atoms with Crippen LogP contribution in [0.1, 0.15) is 43.0 Å². The maximum absolute atomic E-state index is 12.6. The highest BCUT2D eigenvalue weighted by Gasteiger charge is 2.31. The van der Waals surface area contributed by atoms with E-state index in [-0.39, 0.29) is 11.3 Å². The molecule has 3 aromatic rings. The zero-order valence-corrected chi connectivity index (χ0v) is 17.1. The van der Waals surface area contributed by atoms with Crippen LogP contribution < -0.4 is 0 Å². The third kappa shape index (κ3) is 3.84. The summed E-state index contributed by atoms with van der Waals surface area (Å²) in [6.45, 7) is 6.97. The molecule has 28 heavy (non-hydrogen) atoms. The van der Waals surface area contributed by atoms with E-state index in [9.17, 15) is 8.78 Å². The second-order valence-corrected chi connectivity index (χ2v) is 8.53. The van der Waals surface area contributed by atoms with E-state index in [1.807, 2.05) is 6.07 Å². The van der Waals surface area contributed by atoms with Crippen molar-refractivity contribution in [3.63, 3.8) is 0 Å². The fraction of sp³-hybridized carbons (Fsp3) is 0.350. The molecule has 8 heteroatoms. The van der Waals surface area contributed by atoms with Crippen molar-refractivity contribution < 1.29 is 13.2 Å². The number of rotatable bonds is 4. The highest BCUT2D eigenvalue weighted by molar-refractivity contribution is 9.10. The minimum absolute atomic E-state index is 0.0453. The Morgan fingerprint density at radius 1 is 1.21 bits per heavy atom. The first-order chi connectivity index (χ1) is 13.3. The molecule has 0 amide bonds. The Kier molecular flexibility index (Phi) is 5.01. The maximum atomic E-state index is 12.6. The summed E-state index contributed by atoms with van der Waals surface area (Å²) in [5.74, 6) is -0.633. The highest BCUT2D eigenvalue weighted by atomic mass is 79.9. The molecule has 0 aliphatic carbocycles. The second-order valence-electron chi connectivity index (χ2n) is 7.61. The van der Waals surface area contributed by atoms with Crippen molar-refractivity contribution in [2.45, 2.75) is 38.8 Å². The highest BCUT2D eigenvalue weighted by Crippen LogP contribution is 2.35. The largest absolute Gasteiger partial charge is 0.415 e. The van der Waals surface area contributed by atoms with Gasteiger partial charge in [-0.25, -0.2) is 0 Å². The van der Waals surface area contributed by atoms with Crippen molar-refractivity contribution in [2.24, 2.45) is 0 Å². The van der Waals surface area contributed by atoms with E-state index >= 15 is 0 Å². The molecule has 3 heterocycles. The number of nitrogens with zero attached hydrogens (tertiary/aromatic N) is 4. The molecular weight excluding hydrogens is 430 g/mol. The number of benzene rings is 1. The second kappa shape index (κ2) is 7.33. The van der Waals surface area contributed by atoms with E-state index in [0.717, 1.165) is 23.3 Å². The van der Waals surface area contributed by atoms with Gasteiger partial charge in [0.15, 0.2) is 0 Å². The van der Waals surface area contributed by atoms with Gasteiger partial charge in [0.25, 0.3) is 5.89 Å². The van der Waals surface area contributed by atoms with E-state index in [0.29, 0.717) is 12.1 Å². The molecule has 0 saturated carbocycles. The van der Waals surface area contributed by atoms with Crippen molar-refractivity contribution in [3.8, 4) is 11.5 Å². The minimum Gasteiger partial charge on any atom is -0.415 e. The van der Waals surface area contributed by atoms with Crippen molar-refractivity contribution in [2.75, 3.05) is 6.54 Å². The number of fused-ring (bicyclic) bond motifs is 1. The van der Waals surface area contributed by atoms with Crippen molar-refractivity contribution in [1.29, 1.82) is 0 Å². The van der Waals surface area contributed by atoms with Gasteiger partial charge in [0.1, 0.15) is 0 Å². The number of aromatic nitrogens is 3. The summed E-state index contributed by atoms with van der Waals surface area (Å²) in [7, 11) is 0. The smallest absolute Gasteiger partial charge is 0.314 e. The van der Waals surface area contributed by atoms with Gasteiger partial charge in [-0.3, -0.25) is 9.88 Å². The Balaban J connectivity index is 1.50. The van der Waals surface area contributed by atoms with Crippen LogP contribution in [0.2, 0.25) is 0 Å². The van der Waals surface area contributed by atoms with Gasteiger partial charge in [0.05, 0.1) is 11.3 Å². The quantitative estimate of drug-likeness (QED) is 0.553. The van der Waals surface area contributed by atoms with Crippen LogP contribution in [0.15, 0.2) is 45.4 Å². The topological polar surface area (TPSA) is 55.1 Å². The Morgan fingerprint density at radius 2 is 2.04 bits per heavy atom. The Labute approximate surface area is 169 Å². The van der Waals surface area contributed by atoms with Gasteiger partial charge >= 0.3 is 6.43 Å². The number of hydrogen-bond acceptors (Lipinski definition) is 5. The molecule has 4 rings (SSSR count). The normalized spacial score (nSPS) is 16.4. The van der Waals surface area contributed by atoms with E-state index in [1.165, 1.54) is 11.1 Å². The monoisotopic (exact) mass is 448 g/mol. The molecule has 1 aliphatic heterocycles. The summed E-state index contributed by atoms with van der Waals surface area (Å²) in [6, 6.07) is 10.1. The fourth-order valence-electron chi connectivity index (χ4n) is 3.72. The van der Waals surface area contributed by atoms with E-state index in [2.05, 4.69) is 68.1 Å². The van der Waals surface area contributed by atoms with Gasteiger partial charge in [0, 0.05) is 35.7 Å². The number of alkyl halides is 2. The van der Waals surface area contributed by atoms with Gasteiger partial charge in [0.2, 0.25) is 5.89 Å². The van der Waals surface area contributed by atoms with E-state index in [4.69, 9.17) is 4.42 Å². The average Bonchev–Trinajstić information content (AvgIpc) is 3.11. The summed E-state index contributed by atoms with van der Waals surface area (Å²) >= 11 is 3.56. The molecule has 0 atom stereocenters. The van der Waals surface area contributed by atoms with Crippen LogP contribution in [-0.2, 0) is 18.5 Å². The summed E-state index contributed by atoms with van der Waals surface area (Å²) in [4.78, 5) is 6.82. The molecule has 1 aliphatic rings. The van der Waals surface area contributed by atoms with E-state index in [1.54, 1.807) is 12.3 Å². The van der Waals surface area contributed by atoms with Gasteiger partial charge in [-0.2, -0.15) is 8.78 Å². The average molecular weight is 449 g/mol. The molecule has 0 saturated heterocycles. The van der Waals surface area contributed by atoms with Crippen LogP contribution in [0, 0.1) is 0 Å². The third-order valence-electron chi connectivity index (χ3n) is 4.89. The molecule has 0 N–H and O–H groups in total. The first-order valence-corrected chi connectivity index (χ1v) is 9.69. The molecule has 1 aromatic carbocycles. The van der Waals surface area contributed by atoms with Gasteiger partial charge in [-0.05, 0) is 35.4 Å². The first-order valence-electron chi connectivity index (χ1n) is 8.90. The summed E-state index contributed by atoms with van der Waals surface area (Å²) < 4.78 is 31.2. The number of halogens is 3. The summed E-state index contributed by atoms with van der Waals surface area (Å²) in [6.07, 6.45) is -1.20. The molecule has 0 fully saturated rings. The summed E-state index contributed by atoms with van der Waals surface area (Å²) in [5.41, 5.74) is 4.15. The Morgan fingerprint density at radius 3 is 2.71 bits per heavy atom. The predicted molar refractivity (Wildman–Crippen MR) is 104 cm³/mol. The van der Waals surface area contributed by atoms with Gasteiger partial charge in [-0.1, -0.05) is 35.8 Å². The third-order valence-corrected chi connectivity index (χ3v) is 5.39. The first kappa shape index (κ1) is 19.1. The van der Waals surface area contributed by atoms with Crippen LogP contribution in [0.25, 0.3) is 11.5 Å². The Hall–Kier alpha value is -2.19. The maximum Gasteiger partial charge on any atom is 0.314 e. The Bertz CT molecular complexity index is 988. The molecule has 2 aromatic heterocycles. The van der Waals surface area contributed by atoms with Gasteiger partial charge < -0.3 is 4.42 Å². The molecular formula is C20H19BrF2N4O. The lowest BCUT2D eigenvalue weighted by Crippen LogP contribution is -2.41. The summed E-state index contributed by atoms with van der Waals surface area (Å²) in [5, 5.41) is 7.00. The molecule has 0 bridgehead atoms. The van der Waals surface area contributed by atoms with Crippen LogP contribution in [0.5, 0.6) is 0 Å². The van der Waals surface area contributed by atoms with Crippen molar-refractivity contribution in [1.82, 2.24) is 20.1 Å². The van der Waals surface area contributed by atoms with Crippen LogP contribution in [0.4, 0.5) is 8.78 Å². The van der Waals surface area contributed by atoms with Gasteiger partial charge in [-0.15, -0.1) is 10.2 Å². The lowest BCUT2D eigenvalue weighted by Gasteiger charge is -2.40. The van der Waals surface area contributed by atoms with Crippen molar-refractivity contribution >= 4 is 15.9 Å². The lowest BCUT2D eigenvalue weighted by atomic mass is 9.78.